The van der Waals surface area contributed by atoms with E-state index in [-0.39, 0.29) is 11.5 Å². The quantitative estimate of drug-likeness (QED) is 0.896. The van der Waals surface area contributed by atoms with Crippen molar-refractivity contribution < 1.29 is 4.79 Å². The lowest BCUT2D eigenvalue weighted by molar-refractivity contribution is -0.131. The summed E-state index contributed by atoms with van der Waals surface area (Å²) in [5.41, 5.74) is 3.44. The second kappa shape index (κ2) is 6.91. The number of rotatable bonds is 4. The van der Waals surface area contributed by atoms with Crippen molar-refractivity contribution in [3.05, 3.63) is 38.7 Å². The van der Waals surface area contributed by atoms with Crippen LogP contribution in [-0.4, -0.2) is 52.2 Å². The van der Waals surface area contributed by atoms with Crippen molar-refractivity contribution in [1.29, 1.82) is 0 Å². The molecular formula is C15H19N5O2S. The molecule has 0 unspecified atom stereocenters. The van der Waals surface area contributed by atoms with Gasteiger partial charge in [-0.1, -0.05) is 0 Å². The third kappa shape index (κ3) is 3.76. The molecule has 1 N–H and O–H groups in total. The highest BCUT2D eigenvalue weighted by atomic mass is 32.1. The summed E-state index contributed by atoms with van der Waals surface area (Å²) in [4.78, 5) is 33.0. The number of nitrogens with zero attached hydrogens (tertiary/aromatic N) is 4. The van der Waals surface area contributed by atoms with Crippen LogP contribution >= 0.6 is 11.3 Å². The first-order chi connectivity index (χ1) is 11.1. The Morgan fingerprint density at radius 2 is 2.13 bits per heavy atom. The smallest absolute Gasteiger partial charge is 0.266 e. The maximum absolute atomic E-state index is 12.3. The van der Waals surface area contributed by atoms with E-state index in [0.717, 1.165) is 30.9 Å². The van der Waals surface area contributed by atoms with Crippen molar-refractivity contribution in [1.82, 2.24) is 20.1 Å². The van der Waals surface area contributed by atoms with Gasteiger partial charge in [0.05, 0.1) is 23.1 Å². The molecule has 3 rings (SSSR count). The summed E-state index contributed by atoms with van der Waals surface area (Å²) in [7, 11) is 0. The highest BCUT2D eigenvalue weighted by molar-refractivity contribution is 7.09. The first-order valence-corrected chi connectivity index (χ1v) is 8.48. The van der Waals surface area contributed by atoms with Crippen molar-refractivity contribution in [3.63, 3.8) is 0 Å². The van der Waals surface area contributed by atoms with E-state index in [1.807, 2.05) is 17.3 Å². The summed E-state index contributed by atoms with van der Waals surface area (Å²) in [6, 6.07) is 1.54. The van der Waals surface area contributed by atoms with Crippen LogP contribution in [0.25, 0.3) is 0 Å². The molecule has 3 heterocycles. The fourth-order valence-corrected chi connectivity index (χ4v) is 3.48. The molecule has 23 heavy (non-hydrogen) atoms. The minimum absolute atomic E-state index is 0.182. The molecule has 1 fully saturated rings. The molecule has 0 saturated carbocycles. The van der Waals surface area contributed by atoms with Gasteiger partial charge in [-0.2, -0.15) is 5.10 Å². The molecule has 1 aliphatic rings. The molecule has 0 spiro atoms. The fraction of sp³-hybridized carbons (Fsp3) is 0.467. The highest BCUT2D eigenvalue weighted by Crippen LogP contribution is 2.16. The molecule has 0 bridgehead atoms. The zero-order valence-corrected chi connectivity index (χ0v) is 13.8. The normalized spacial score (nSPS) is 15.0. The van der Waals surface area contributed by atoms with Gasteiger partial charge in [-0.3, -0.25) is 9.59 Å². The molecule has 2 aromatic rings. The number of H-pyrrole nitrogens is 1. The zero-order valence-electron chi connectivity index (χ0n) is 13.0. The number of amides is 1. The molecule has 0 aromatic carbocycles. The maximum atomic E-state index is 12.3. The van der Waals surface area contributed by atoms with Crippen LogP contribution in [0.5, 0.6) is 0 Å². The van der Waals surface area contributed by atoms with Crippen LogP contribution in [0, 0.1) is 6.92 Å². The Bertz CT molecular complexity index is 733. The Labute approximate surface area is 138 Å². The number of aromatic nitrogens is 3. The van der Waals surface area contributed by atoms with Crippen molar-refractivity contribution in [2.75, 3.05) is 31.1 Å². The number of carbonyl (C=O) groups excluding carboxylic acids is 1. The lowest BCUT2D eigenvalue weighted by atomic mass is 10.2. The number of piperazine rings is 1. The predicted octanol–water partition coefficient (Wildman–Crippen LogP) is 0.816. The minimum Gasteiger partial charge on any atom is -0.367 e. The predicted molar refractivity (Wildman–Crippen MR) is 88.8 cm³/mol. The van der Waals surface area contributed by atoms with Crippen molar-refractivity contribution in [2.45, 2.75) is 19.8 Å². The number of nitrogens with one attached hydrogen (secondary N) is 1. The average molecular weight is 333 g/mol. The van der Waals surface area contributed by atoms with Gasteiger partial charge < -0.3 is 9.80 Å². The van der Waals surface area contributed by atoms with Crippen LogP contribution in [0.1, 0.15) is 17.0 Å². The molecule has 7 nitrogen and oxygen atoms in total. The van der Waals surface area contributed by atoms with E-state index >= 15 is 0 Å². The average Bonchev–Trinajstić information content (AvgIpc) is 2.98. The molecule has 0 atom stereocenters. The lowest BCUT2D eigenvalue weighted by Crippen LogP contribution is -2.49. The highest BCUT2D eigenvalue weighted by Gasteiger charge is 2.21. The number of aryl methyl sites for hydroxylation is 2. The van der Waals surface area contributed by atoms with Crippen LogP contribution in [0.2, 0.25) is 0 Å². The van der Waals surface area contributed by atoms with Crippen LogP contribution < -0.4 is 10.5 Å². The van der Waals surface area contributed by atoms with E-state index in [9.17, 15) is 9.59 Å². The van der Waals surface area contributed by atoms with Gasteiger partial charge in [0.15, 0.2) is 0 Å². The number of carbonyl (C=O) groups is 1. The van der Waals surface area contributed by atoms with Crippen molar-refractivity contribution >= 4 is 22.9 Å². The summed E-state index contributed by atoms with van der Waals surface area (Å²) in [6.45, 7) is 4.76. The fourth-order valence-electron chi connectivity index (χ4n) is 2.70. The summed E-state index contributed by atoms with van der Waals surface area (Å²) in [5, 5.41) is 6.19. The number of hydrogen-bond acceptors (Lipinski definition) is 6. The molecule has 8 heteroatoms. The second-order valence-corrected chi connectivity index (χ2v) is 6.47. The van der Waals surface area contributed by atoms with Gasteiger partial charge >= 0.3 is 0 Å². The number of thiazole rings is 1. The van der Waals surface area contributed by atoms with E-state index in [4.69, 9.17) is 0 Å². The Morgan fingerprint density at radius 3 is 2.78 bits per heavy atom. The monoisotopic (exact) mass is 333 g/mol. The van der Waals surface area contributed by atoms with Gasteiger partial charge in [0.2, 0.25) is 5.91 Å². The Morgan fingerprint density at radius 1 is 1.35 bits per heavy atom. The molecule has 2 aromatic heterocycles. The van der Waals surface area contributed by atoms with Crippen molar-refractivity contribution in [2.24, 2.45) is 0 Å². The van der Waals surface area contributed by atoms with Gasteiger partial charge in [0.1, 0.15) is 0 Å². The molecule has 1 amide bonds. The second-order valence-electron chi connectivity index (χ2n) is 5.53. The molecule has 0 aliphatic carbocycles. The summed E-state index contributed by atoms with van der Waals surface area (Å²) >= 11 is 1.61. The summed E-state index contributed by atoms with van der Waals surface area (Å²) < 4.78 is 0. The Kier molecular flexibility index (Phi) is 4.71. The lowest BCUT2D eigenvalue weighted by Gasteiger charge is -2.35. The van der Waals surface area contributed by atoms with Crippen LogP contribution in [0.3, 0.4) is 0 Å². The standard InChI is InChI=1S/C15H19N5O2S/c1-11-13(23-10-16-11)2-3-15(22)20-6-4-19(5-7-20)12-8-14(21)18-17-9-12/h8-10H,2-7H2,1H3,(H,18,21). The van der Waals surface area contributed by atoms with E-state index < -0.39 is 0 Å². The van der Waals surface area contributed by atoms with E-state index in [2.05, 4.69) is 20.1 Å². The topological polar surface area (TPSA) is 82.2 Å². The summed E-state index contributed by atoms with van der Waals surface area (Å²) in [5.74, 6) is 0.182. The third-order valence-electron chi connectivity index (χ3n) is 4.06. The van der Waals surface area contributed by atoms with Gasteiger partial charge in [-0.05, 0) is 13.3 Å². The first kappa shape index (κ1) is 15.7. The van der Waals surface area contributed by atoms with Crippen molar-refractivity contribution in [3.8, 4) is 0 Å². The molecular weight excluding hydrogens is 314 g/mol. The van der Waals surface area contributed by atoms with Gasteiger partial charge in [-0.25, -0.2) is 10.1 Å². The zero-order chi connectivity index (χ0) is 16.2. The Balaban J connectivity index is 1.51. The molecule has 0 radical (unpaired) electrons. The SMILES string of the molecule is Cc1ncsc1CCC(=O)N1CCN(c2cn[nH]c(=O)c2)CC1. The van der Waals surface area contributed by atoms with Gasteiger partial charge in [-0.15, -0.1) is 11.3 Å². The van der Waals surface area contributed by atoms with E-state index in [1.54, 1.807) is 17.5 Å². The van der Waals surface area contributed by atoms with Crippen LogP contribution in [-0.2, 0) is 11.2 Å². The molecule has 1 aliphatic heterocycles. The van der Waals surface area contributed by atoms with E-state index in [1.165, 1.54) is 10.9 Å². The van der Waals surface area contributed by atoms with Gasteiger partial charge in [0.25, 0.3) is 5.56 Å². The third-order valence-corrected chi connectivity index (χ3v) is 5.05. The summed E-state index contributed by atoms with van der Waals surface area (Å²) in [6.07, 6.45) is 2.93. The Hall–Kier alpha value is -2.22. The minimum atomic E-state index is -0.207. The number of aromatic amines is 1. The molecule has 122 valence electrons. The largest absolute Gasteiger partial charge is 0.367 e. The number of anilines is 1. The van der Waals surface area contributed by atoms with Crippen LogP contribution in [0.4, 0.5) is 5.69 Å². The maximum Gasteiger partial charge on any atom is 0.266 e. The van der Waals surface area contributed by atoms with E-state index in [0.29, 0.717) is 19.5 Å². The van der Waals surface area contributed by atoms with Gasteiger partial charge in [0, 0.05) is 43.5 Å². The first-order valence-electron chi connectivity index (χ1n) is 7.60. The number of hydrogen-bond donors (Lipinski definition) is 1. The van der Waals surface area contributed by atoms with Crippen LogP contribution in [0.15, 0.2) is 22.6 Å². The molecule has 1 saturated heterocycles.